The molecular weight excluding hydrogens is 364 g/mol. The normalized spacial score (nSPS) is 16.3. The van der Waals surface area contributed by atoms with Gasteiger partial charge in [-0.25, -0.2) is 0 Å². The molecule has 140 valence electrons. The Morgan fingerprint density at radius 3 is 2.74 bits per heavy atom. The van der Waals surface area contributed by atoms with Gasteiger partial charge in [0.25, 0.3) is 5.91 Å². The van der Waals surface area contributed by atoms with Crippen molar-refractivity contribution in [1.82, 2.24) is 19.2 Å². The summed E-state index contributed by atoms with van der Waals surface area (Å²) in [6.45, 7) is 3.62. The van der Waals surface area contributed by atoms with Crippen LogP contribution >= 0.6 is 11.6 Å². The van der Waals surface area contributed by atoms with Crippen LogP contribution in [0.5, 0.6) is 5.88 Å². The Bertz CT molecular complexity index is 964. The zero-order valence-electron chi connectivity index (χ0n) is 15.3. The average molecular weight is 385 g/mol. The molecule has 0 aliphatic carbocycles. The number of halogens is 1. The van der Waals surface area contributed by atoms with Crippen molar-refractivity contribution in [3.05, 3.63) is 70.6 Å². The van der Waals surface area contributed by atoms with Gasteiger partial charge in [0.05, 0.1) is 18.8 Å². The Kier molecular flexibility index (Phi) is 4.66. The largest absolute Gasteiger partial charge is 0.472 e. The Balaban J connectivity index is 1.49. The highest BCUT2D eigenvalue weighted by molar-refractivity contribution is 6.30. The summed E-state index contributed by atoms with van der Waals surface area (Å²) in [6, 6.07) is 15.4. The highest BCUT2D eigenvalue weighted by Crippen LogP contribution is 2.24. The molecule has 0 radical (unpaired) electrons. The van der Waals surface area contributed by atoms with Gasteiger partial charge in [-0.3, -0.25) is 9.48 Å². The third-order valence-electron chi connectivity index (χ3n) is 4.91. The lowest BCUT2D eigenvalue weighted by molar-refractivity contribution is 0.0596. The quantitative estimate of drug-likeness (QED) is 0.691. The van der Waals surface area contributed by atoms with Crippen molar-refractivity contribution in [3.8, 4) is 5.88 Å². The fraction of sp³-hybridized carbons (Fsp3) is 0.300. The molecule has 7 heteroatoms. The van der Waals surface area contributed by atoms with Gasteiger partial charge in [-0.2, -0.15) is 0 Å². The molecule has 1 aliphatic heterocycles. The van der Waals surface area contributed by atoms with E-state index in [1.165, 1.54) is 0 Å². The van der Waals surface area contributed by atoms with Crippen LogP contribution in [0.4, 0.5) is 0 Å². The van der Waals surface area contributed by atoms with Crippen molar-refractivity contribution >= 4 is 17.5 Å². The van der Waals surface area contributed by atoms with E-state index >= 15 is 0 Å². The molecular formula is C20H21ClN4O2. The summed E-state index contributed by atoms with van der Waals surface area (Å²) in [6.07, 6.45) is 0. The maximum atomic E-state index is 13.0. The minimum absolute atomic E-state index is 0.0283. The van der Waals surface area contributed by atoms with Crippen LogP contribution in [0.1, 0.15) is 28.7 Å². The molecule has 1 atom stereocenters. The summed E-state index contributed by atoms with van der Waals surface area (Å²) in [4.78, 5) is 14.8. The van der Waals surface area contributed by atoms with Gasteiger partial charge in [-0.1, -0.05) is 41.9 Å². The average Bonchev–Trinajstić information content (AvgIpc) is 3.22. The van der Waals surface area contributed by atoms with Crippen molar-refractivity contribution in [1.29, 1.82) is 0 Å². The Labute approximate surface area is 162 Å². The van der Waals surface area contributed by atoms with Gasteiger partial charge >= 0.3 is 0 Å². The lowest BCUT2D eigenvalue weighted by Crippen LogP contribution is -2.45. The van der Waals surface area contributed by atoms with Gasteiger partial charge in [0.15, 0.2) is 0 Å². The van der Waals surface area contributed by atoms with Gasteiger partial charge in [-0.15, -0.1) is 5.10 Å². The highest BCUT2D eigenvalue weighted by atomic mass is 35.5. The number of aromatic nitrogens is 3. The number of carbonyl (C=O) groups is 1. The molecule has 2 aromatic heterocycles. The van der Waals surface area contributed by atoms with E-state index in [4.69, 9.17) is 16.3 Å². The van der Waals surface area contributed by atoms with E-state index in [2.05, 4.69) is 5.10 Å². The second-order valence-corrected chi connectivity index (χ2v) is 7.20. The molecule has 1 aliphatic rings. The molecule has 27 heavy (non-hydrogen) atoms. The first-order chi connectivity index (χ1) is 13.0. The zero-order chi connectivity index (χ0) is 19.0. The van der Waals surface area contributed by atoms with Crippen LogP contribution in [0, 0.1) is 0 Å². The minimum atomic E-state index is -0.0314. The zero-order valence-corrected chi connectivity index (χ0v) is 16.1. The predicted molar refractivity (Wildman–Crippen MR) is 103 cm³/mol. The van der Waals surface area contributed by atoms with Crippen LogP contribution in [0.15, 0.2) is 48.5 Å². The van der Waals surface area contributed by atoms with E-state index < -0.39 is 0 Å². The Morgan fingerprint density at radius 2 is 2.04 bits per heavy atom. The van der Waals surface area contributed by atoms with E-state index in [-0.39, 0.29) is 11.9 Å². The van der Waals surface area contributed by atoms with Crippen molar-refractivity contribution in [2.45, 2.75) is 32.7 Å². The molecule has 0 fully saturated rings. The number of nitrogens with zero attached hydrogens (tertiary/aromatic N) is 4. The third-order valence-corrected chi connectivity index (χ3v) is 5.29. The third kappa shape index (κ3) is 3.45. The second kappa shape index (κ2) is 7.12. The number of ether oxygens (including phenoxy) is 1. The first kappa shape index (κ1) is 17.7. The first-order valence-electron chi connectivity index (χ1n) is 8.88. The predicted octanol–water partition coefficient (Wildman–Crippen LogP) is 3.50. The summed E-state index contributed by atoms with van der Waals surface area (Å²) in [5.41, 5.74) is 2.64. The van der Waals surface area contributed by atoms with Crippen molar-refractivity contribution in [2.75, 3.05) is 0 Å². The number of hydrogen-bond donors (Lipinski definition) is 0. The monoisotopic (exact) mass is 384 g/mol. The van der Waals surface area contributed by atoms with E-state index in [9.17, 15) is 4.79 Å². The van der Waals surface area contributed by atoms with Gasteiger partial charge in [0, 0.05) is 19.2 Å². The van der Waals surface area contributed by atoms with Crippen molar-refractivity contribution in [2.24, 2.45) is 7.05 Å². The summed E-state index contributed by atoms with van der Waals surface area (Å²) in [5.74, 6) is 0.549. The van der Waals surface area contributed by atoms with Crippen LogP contribution < -0.4 is 4.74 Å². The van der Waals surface area contributed by atoms with Crippen molar-refractivity contribution in [3.63, 3.8) is 0 Å². The van der Waals surface area contributed by atoms with Gasteiger partial charge < -0.3 is 14.2 Å². The van der Waals surface area contributed by atoms with Gasteiger partial charge in [0.1, 0.15) is 17.5 Å². The molecule has 4 rings (SSSR count). The summed E-state index contributed by atoms with van der Waals surface area (Å²) in [7, 11) is 1.80. The van der Waals surface area contributed by atoms with Gasteiger partial charge in [0.2, 0.25) is 5.88 Å². The highest BCUT2D eigenvalue weighted by Gasteiger charge is 2.30. The maximum Gasteiger partial charge on any atom is 0.271 e. The molecule has 1 unspecified atom stereocenters. The number of hydrogen-bond acceptors (Lipinski definition) is 3. The van der Waals surface area contributed by atoms with Gasteiger partial charge in [-0.05, 0) is 24.6 Å². The van der Waals surface area contributed by atoms with E-state index in [1.807, 2.05) is 52.9 Å². The number of amides is 1. The fourth-order valence-corrected chi connectivity index (χ4v) is 3.47. The number of rotatable bonds is 4. The van der Waals surface area contributed by atoms with Crippen LogP contribution in [-0.2, 0) is 26.7 Å². The smallest absolute Gasteiger partial charge is 0.271 e. The van der Waals surface area contributed by atoms with Crippen LogP contribution in [0.2, 0.25) is 5.15 Å². The fourth-order valence-electron chi connectivity index (χ4n) is 3.32. The van der Waals surface area contributed by atoms with E-state index in [0.29, 0.717) is 36.4 Å². The van der Waals surface area contributed by atoms with E-state index in [0.717, 1.165) is 11.3 Å². The molecule has 0 N–H and O–H groups in total. The number of fused-ring (bicyclic) bond motifs is 1. The summed E-state index contributed by atoms with van der Waals surface area (Å²) in [5, 5.41) is 5.08. The lowest BCUT2D eigenvalue weighted by Gasteiger charge is -2.33. The molecule has 0 saturated carbocycles. The van der Waals surface area contributed by atoms with Crippen LogP contribution in [-0.4, -0.2) is 31.2 Å². The summed E-state index contributed by atoms with van der Waals surface area (Å²) >= 11 is 6.08. The Morgan fingerprint density at radius 1 is 1.26 bits per heavy atom. The maximum absolute atomic E-state index is 13.0. The van der Waals surface area contributed by atoms with Crippen LogP contribution in [0.25, 0.3) is 0 Å². The standard InChI is InChI=1S/C20H21ClN4O2/c1-14-11-25-16(10-19(22-25)27-13-15-6-4-3-5-7-15)12-24(14)20(26)17-8-9-18(21)23(17)2/h3-10,14H,11-13H2,1-2H3. The molecule has 6 nitrogen and oxygen atoms in total. The molecule has 1 aromatic carbocycles. The van der Waals surface area contributed by atoms with Crippen molar-refractivity contribution < 1.29 is 9.53 Å². The number of benzene rings is 1. The molecule has 0 bridgehead atoms. The SMILES string of the molecule is CC1Cn2nc(OCc3ccccc3)cc2CN1C(=O)c1ccc(Cl)n1C. The van der Waals surface area contributed by atoms with E-state index in [1.54, 1.807) is 23.7 Å². The molecule has 3 aromatic rings. The molecule has 0 spiro atoms. The van der Waals surface area contributed by atoms with Crippen LogP contribution in [0.3, 0.4) is 0 Å². The Hall–Kier alpha value is -2.73. The molecule has 1 amide bonds. The summed E-state index contributed by atoms with van der Waals surface area (Å²) < 4.78 is 9.45. The topological polar surface area (TPSA) is 52.3 Å². The second-order valence-electron chi connectivity index (χ2n) is 6.81. The molecule has 0 saturated heterocycles. The first-order valence-corrected chi connectivity index (χ1v) is 9.26. The minimum Gasteiger partial charge on any atom is -0.472 e. The molecule has 3 heterocycles. The lowest BCUT2D eigenvalue weighted by atomic mass is 10.2. The number of carbonyl (C=O) groups excluding carboxylic acids is 1.